The first-order valence-electron chi connectivity index (χ1n) is 9.25. The molecule has 1 aromatic heterocycles. The van der Waals surface area contributed by atoms with Crippen LogP contribution in [0.1, 0.15) is 29.4 Å². The summed E-state index contributed by atoms with van der Waals surface area (Å²) < 4.78 is 48.6. The first-order valence-corrected chi connectivity index (χ1v) is 9.25. The summed E-state index contributed by atoms with van der Waals surface area (Å²) in [6.07, 6.45) is -4.17. The van der Waals surface area contributed by atoms with Crippen molar-refractivity contribution in [2.45, 2.75) is 25.1 Å². The molecule has 9 heteroatoms. The molecule has 156 valence electrons. The van der Waals surface area contributed by atoms with Gasteiger partial charge in [0.2, 0.25) is 17.6 Å². The first-order chi connectivity index (χ1) is 14.3. The summed E-state index contributed by atoms with van der Waals surface area (Å²) in [5.74, 6) is 1.13. The lowest BCUT2D eigenvalue weighted by molar-refractivity contribution is -0.137. The van der Waals surface area contributed by atoms with E-state index in [2.05, 4.69) is 10.1 Å². The van der Waals surface area contributed by atoms with Gasteiger partial charge in [-0.05, 0) is 42.0 Å². The molecule has 0 N–H and O–H groups in total. The number of alkyl halides is 3. The Balaban J connectivity index is 1.43. The number of ether oxygens (including phenoxy) is 1. The smallest absolute Gasteiger partial charge is 0.416 e. The van der Waals surface area contributed by atoms with Crippen LogP contribution in [0.5, 0.6) is 5.75 Å². The van der Waals surface area contributed by atoms with Crippen LogP contribution in [0.25, 0.3) is 11.4 Å². The second kappa shape index (κ2) is 7.81. The molecule has 6 nitrogen and oxygen atoms in total. The van der Waals surface area contributed by atoms with Crippen LogP contribution in [0.15, 0.2) is 53.1 Å². The van der Waals surface area contributed by atoms with Crippen molar-refractivity contribution >= 4 is 5.91 Å². The van der Waals surface area contributed by atoms with E-state index in [1.807, 2.05) is 12.1 Å². The Morgan fingerprint density at radius 2 is 1.83 bits per heavy atom. The molecule has 4 rings (SSSR count). The number of carbonyl (C=O) groups is 1. The molecular formula is C21H18F3N3O3. The first kappa shape index (κ1) is 19.9. The average Bonchev–Trinajstić information content (AvgIpc) is 3.35. The molecule has 0 bridgehead atoms. The van der Waals surface area contributed by atoms with Gasteiger partial charge in [0, 0.05) is 25.1 Å². The standard InChI is InChI=1S/C21H18F3N3O3/c1-29-17-8-4-14(5-9-17)19-25-20(30-26-19)15-10-18(28)27(12-15)11-13-2-6-16(7-3-13)21(22,23)24/h2-9,15H,10-12H2,1H3. The van der Waals surface area contributed by atoms with Crippen LogP contribution in [-0.4, -0.2) is 34.6 Å². The highest BCUT2D eigenvalue weighted by atomic mass is 19.4. The predicted molar refractivity (Wildman–Crippen MR) is 101 cm³/mol. The van der Waals surface area contributed by atoms with Crippen LogP contribution in [0.4, 0.5) is 13.2 Å². The topological polar surface area (TPSA) is 68.5 Å². The normalized spacial score (nSPS) is 16.9. The summed E-state index contributed by atoms with van der Waals surface area (Å²) >= 11 is 0. The van der Waals surface area contributed by atoms with Gasteiger partial charge in [-0.25, -0.2) is 0 Å². The number of carbonyl (C=O) groups excluding carboxylic acids is 1. The number of amides is 1. The maximum Gasteiger partial charge on any atom is 0.416 e. The monoisotopic (exact) mass is 417 g/mol. The van der Waals surface area contributed by atoms with Gasteiger partial charge in [-0.3, -0.25) is 4.79 Å². The second-order valence-electron chi connectivity index (χ2n) is 7.05. The van der Waals surface area contributed by atoms with Crippen molar-refractivity contribution < 1.29 is 27.2 Å². The Morgan fingerprint density at radius 3 is 2.47 bits per heavy atom. The van der Waals surface area contributed by atoms with Gasteiger partial charge in [0.25, 0.3) is 0 Å². The van der Waals surface area contributed by atoms with Crippen LogP contribution in [-0.2, 0) is 17.5 Å². The molecule has 1 fully saturated rings. The highest BCUT2D eigenvalue weighted by molar-refractivity contribution is 5.79. The number of methoxy groups -OCH3 is 1. The van der Waals surface area contributed by atoms with Crippen molar-refractivity contribution in [2.24, 2.45) is 0 Å². The highest BCUT2D eigenvalue weighted by Gasteiger charge is 2.35. The summed E-state index contributed by atoms with van der Waals surface area (Å²) in [6.45, 7) is 0.594. The second-order valence-corrected chi connectivity index (χ2v) is 7.05. The Bertz CT molecular complexity index is 1030. The summed E-state index contributed by atoms with van der Waals surface area (Å²) in [4.78, 5) is 18.4. The quantitative estimate of drug-likeness (QED) is 0.620. The molecule has 0 saturated carbocycles. The lowest BCUT2D eigenvalue weighted by atomic mass is 10.1. The average molecular weight is 417 g/mol. The van der Waals surface area contributed by atoms with E-state index in [4.69, 9.17) is 9.26 Å². The van der Waals surface area contributed by atoms with Gasteiger partial charge in [0.1, 0.15) is 5.75 Å². The van der Waals surface area contributed by atoms with E-state index < -0.39 is 11.7 Å². The molecular weight excluding hydrogens is 399 g/mol. The van der Waals surface area contributed by atoms with Gasteiger partial charge in [-0.15, -0.1) is 0 Å². The third-order valence-electron chi connectivity index (χ3n) is 5.01. The summed E-state index contributed by atoms with van der Waals surface area (Å²) in [7, 11) is 1.58. The van der Waals surface area contributed by atoms with Gasteiger partial charge >= 0.3 is 6.18 Å². The van der Waals surface area contributed by atoms with Crippen LogP contribution in [0.3, 0.4) is 0 Å². The van der Waals surface area contributed by atoms with E-state index in [1.165, 1.54) is 12.1 Å². The van der Waals surface area contributed by atoms with Gasteiger partial charge in [0.15, 0.2) is 0 Å². The van der Waals surface area contributed by atoms with Crippen molar-refractivity contribution in [3.8, 4) is 17.1 Å². The van der Waals surface area contributed by atoms with Gasteiger partial charge in [0.05, 0.1) is 18.6 Å². The number of aromatic nitrogens is 2. The van der Waals surface area contributed by atoms with Crippen molar-refractivity contribution in [2.75, 3.05) is 13.7 Å². The van der Waals surface area contributed by atoms with Crippen LogP contribution < -0.4 is 4.74 Å². The van der Waals surface area contributed by atoms with E-state index in [9.17, 15) is 18.0 Å². The van der Waals surface area contributed by atoms with Gasteiger partial charge < -0.3 is 14.2 Å². The maximum atomic E-state index is 12.7. The molecule has 1 amide bonds. The number of likely N-dealkylation sites (tertiary alicyclic amines) is 1. The number of hydrogen-bond donors (Lipinski definition) is 0. The molecule has 1 aliphatic heterocycles. The lowest BCUT2D eigenvalue weighted by Gasteiger charge is -2.16. The largest absolute Gasteiger partial charge is 0.497 e. The molecule has 1 atom stereocenters. The van der Waals surface area contributed by atoms with Crippen LogP contribution >= 0.6 is 0 Å². The van der Waals surface area contributed by atoms with Crippen LogP contribution in [0.2, 0.25) is 0 Å². The number of nitrogens with zero attached hydrogens (tertiary/aromatic N) is 3. The summed E-state index contributed by atoms with van der Waals surface area (Å²) in [5, 5.41) is 3.99. The SMILES string of the molecule is COc1ccc(-c2noc(C3CC(=O)N(Cc4ccc(C(F)(F)F)cc4)C3)n2)cc1. The zero-order valence-corrected chi connectivity index (χ0v) is 16.0. The molecule has 0 radical (unpaired) electrons. The van der Waals surface area contributed by atoms with E-state index in [1.54, 1.807) is 24.1 Å². The molecule has 1 saturated heterocycles. The molecule has 2 heterocycles. The summed E-state index contributed by atoms with van der Waals surface area (Å²) in [5.41, 5.74) is 0.673. The predicted octanol–water partition coefficient (Wildman–Crippen LogP) is 4.28. The number of hydrogen-bond acceptors (Lipinski definition) is 5. The van der Waals surface area contributed by atoms with E-state index in [0.717, 1.165) is 17.7 Å². The van der Waals surface area contributed by atoms with Crippen molar-refractivity contribution in [1.82, 2.24) is 15.0 Å². The fourth-order valence-electron chi connectivity index (χ4n) is 3.37. The highest BCUT2D eigenvalue weighted by Crippen LogP contribution is 2.32. The Kier molecular flexibility index (Phi) is 5.19. The molecule has 0 spiro atoms. The van der Waals surface area contributed by atoms with Gasteiger partial charge in [-0.2, -0.15) is 18.2 Å². The third-order valence-corrected chi connectivity index (χ3v) is 5.01. The third kappa shape index (κ3) is 4.14. The molecule has 2 aromatic carbocycles. The molecule has 1 unspecified atom stereocenters. The van der Waals surface area contributed by atoms with E-state index in [0.29, 0.717) is 29.6 Å². The molecule has 0 aliphatic carbocycles. The minimum atomic E-state index is -4.38. The van der Waals surface area contributed by atoms with Crippen LogP contribution in [0, 0.1) is 0 Å². The Morgan fingerprint density at radius 1 is 1.13 bits per heavy atom. The maximum absolute atomic E-state index is 12.7. The summed E-state index contributed by atoms with van der Waals surface area (Å²) in [6, 6.07) is 12.0. The Labute approximate surface area is 170 Å². The van der Waals surface area contributed by atoms with Crippen molar-refractivity contribution in [3.63, 3.8) is 0 Å². The Hall–Kier alpha value is -3.36. The minimum absolute atomic E-state index is 0.107. The lowest BCUT2D eigenvalue weighted by Crippen LogP contribution is -2.24. The molecule has 30 heavy (non-hydrogen) atoms. The van der Waals surface area contributed by atoms with Crippen molar-refractivity contribution in [1.29, 1.82) is 0 Å². The zero-order chi connectivity index (χ0) is 21.3. The fourth-order valence-corrected chi connectivity index (χ4v) is 3.37. The number of benzene rings is 2. The van der Waals surface area contributed by atoms with E-state index >= 15 is 0 Å². The minimum Gasteiger partial charge on any atom is -0.497 e. The van der Waals surface area contributed by atoms with E-state index in [-0.39, 0.29) is 24.8 Å². The van der Waals surface area contributed by atoms with Crippen molar-refractivity contribution in [3.05, 3.63) is 65.5 Å². The zero-order valence-electron chi connectivity index (χ0n) is 16.0. The number of rotatable bonds is 5. The van der Waals surface area contributed by atoms with Gasteiger partial charge in [-0.1, -0.05) is 17.3 Å². The molecule has 3 aromatic rings. The fraction of sp³-hybridized carbons (Fsp3) is 0.286. The molecule has 1 aliphatic rings. The number of halogens is 3.